The molecule has 0 heterocycles. The van der Waals surface area contributed by atoms with Crippen LogP contribution < -0.4 is 0 Å². The second-order valence-corrected chi connectivity index (χ2v) is 7.33. The highest BCUT2D eigenvalue weighted by Gasteiger charge is 2.66. The molecular formula is C15H20O. The topological polar surface area (TPSA) is 17.1 Å². The summed E-state index contributed by atoms with van der Waals surface area (Å²) in [4.78, 5) is 11.7. The Balaban J connectivity index is 1.57. The van der Waals surface area contributed by atoms with Crippen molar-refractivity contribution >= 4 is 5.78 Å². The van der Waals surface area contributed by atoms with E-state index >= 15 is 0 Å². The van der Waals surface area contributed by atoms with E-state index in [1.54, 1.807) is 6.42 Å². The Morgan fingerprint density at radius 1 is 0.750 bits per heavy atom. The minimum Gasteiger partial charge on any atom is -0.300 e. The highest BCUT2D eigenvalue weighted by atomic mass is 16.1. The second-order valence-electron chi connectivity index (χ2n) is 7.33. The van der Waals surface area contributed by atoms with Crippen LogP contribution >= 0.6 is 0 Å². The van der Waals surface area contributed by atoms with Gasteiger partial charge in [0.15, 0.2) is 0 Å². The molecule has 8 atom stereocenters. The van der Waals surface area contributed by atoms with Crippen molar-refractivity contribution in [3.8, 4) is 0 Å². The van der Waals surface area contributed by atoms with Crippen molar-refractivity contribution in [2.24, 2.45) is 47.3 Å². The lowest BCUT2D eigenvalue weighted by molar-refractivity contribution is -0.118. The van der Waals surface area contributed by atoms with E-state index in [1.807, 2.05) is 0 Å². The fraction of sp³-hybridized carbons (Fsp3) is 0.933. The highest BCUT2D eigenvalue weighted by Crippen LogP contribution is 2.72. The zero-order chi connectivity index (χ0) is 10.4. The summed E-state index contributed by atoms with van der Waals surface area (Å²) in [5.74, 6) is 8.59. The highest BCUT2D eigenvalue weighted by molar-refractivity contribution is 5.81. The van der Waals surface area contributed by atoms with Gasteiger partial charge in [-0.25, -0.2) is 0 Å². The number of hydrogen-bond acceptors (Lipinski definition) is 1. The van der Waals surface area contributed by atoms with E-state index in [2.05, 4.69) is 0 Å². The first-order chi connectivity index (χ1) is 7.83. The predicted octanol–water partition coefficient (Wildman–Crippen LogP) is 2.89. The van der Waals surface area contributed by atoms with Crippen LogP contribution in [0, 0.1) is 47.3 Å². The maximum atomic E-state index is 11.7. The number of carbonyl (C=O) groups excluding carboxylic acids is 1. The number of hydrogen-bond donors (Lipinski definition) is 0. The molecule has 0 aromatic rings. The van der Waals surface area contributed by atoms with Gasteiger partial charge in [0.1, 0.15) is 5.78 Å². The van der Waals surface area contributed by atoms with Crippen LogP contribution in [-0.2, 0) is 4.79 Å². The molecule has 5 rings (SSSR count). The SMILES string of the molecule is O=C1C[C@@H]2[C@H](C1)[C@H]1C[C@@H]2[C@@H]2[C@@H]3CC[C@@H](C3)[C@H]12. The molecule has 5 aliphatic carbocycles. The Bertz CT molecular complexity index is 342. The third-order valence-corrected chi connectivity index (χ3v) is 7.16. The van der Waals surface area contributed by atoms with Crippen LogP contribution in [0.3, 0.4) is 0 Å². The van der Waals surface area contributed by atoms with E-state index in [-0.39, 0.29) is 0 Å². The van der Waals surface area contributed by atoms with Crippen molar-refractivity contribution < 1.29 is 4.79 Å². The Hall–Kier alpha value is -0.330. The standard InChI is InChI=1S/C15H20O/c16-9-4-10-11(5-9)13-6-12(10)14-7-1-2-8(3-7)15(13)14/h7-8,10-15H,1-6H2/t7-,8+,10-,11+,12+,13-,14+,15-. The van der Waals surface area contributed by atoms with Gasteiger partial charge in [0.2, 0.25) is 0 Å². The summed E-state index contributed by atoms with van der Waals surface area (Å²) < 4.78 is 0. The largest absolute Gasteiger partial charge is 0.300 e. The Morgan fingerprint density at radius 2 is 1.31 bits per heavy atom. The first-order valence-electron chi connectivity index (χ1n) is 7.34. The number of ketones is 1. The Kier molecular flexibility index (Phi) is 1.40. The number of fused-ring (bicyclic) bond motifs is 12. The maximum Gasteiger partial charge on any atom is 0.133 e. The molecule has 0 aromatic heterocycles. The number of Topliss-reactive ketones (excluding diaryl/α,β-unsaturated/α-hetero) is 1. The lowest BCUT2D eigenvalue weighted by atomic mass is 9.64. The van der Waals surface area contributed by atoms with Crippen LogP contribution in [0.2, 0.25) is 0 Å². The van der Waals surface area contributed by atoms with E-state index in [0.29, 0.717) is 5.78 Å². The van der Waals surface area contributed by atoms with Gasteiger partial charge in [-0.2, -0.15) is 0 Å². The van der Waals surface area contributed by atoms with E-state index in [0.717, 1.165) is 60.2 Å². The molecule has 0 N–H and O–H groups in total. The number of carbonyl (C=O) groups is 1. The molecule has 0 aromatic carbocycles. The molecule has 0 radical (unpaired) electrons. The van der Waals surface area contributed by atoms with E-state index in [1.165, 1.54) is 19.3 Å². The molecule has 5 fully saturated rings. The summed E-state index contributed by atoms with van der Waals surface area (Å²) in [7, 11) is 0. The van der Waals surface area contributed by atoms with Crippen LogP contribution in [0.5, 0.6) is 0 Å². The van der Waals surface area contributed by atoms with Crippen LogP contribution in [0.4, 0.5) is 0 Å². The average Bonchev–Trinajstić information content (AvgIpc) is 2.98. The van der Waals surface area contributed by atoms with Crippen molar-refractivity contribution in [2.75, 3.05) is 0 Å². The normalized spacial score (nSPS) is 65.4. The van der Waals surface area contributed by atoms with Crippen molar-refractivity contribution in [3.05, 3.63) is 0 Å². The lowest BCUT2D eigenvalue weighted by Crippen LogP contribution is -2.35. The first-order valence-corrected chi connectivity index (χ1v) is 7.34. The lowest BCUT2D eigenvalue weighted by Gasteiger charge is -2.40. The van der Waals surface area contributed by atoms with Crippen LogP contribution in [0.15, 0.2) is 0 Å². The summed E-state index contributed by atoms with van der Waals surface area (Å²) in [6.45, 7) is 0. The van der Waals surface area contributed by atoms with Crippen LogP contribution in [0.25, 0.3) is 0 Å². The van der Waals surface area contributed by atoms with Crippen molar-refractivity contribution in [1.29, 1.82) is 0 Å². The third kappa shape index (κ3) is 0.791. The minimum atomic E-state index is 0.594. The molecule has 0 amide bonds. The van der Waals surface area contributed by atoms with Gasteiger partial charge in [0, 0.05) is 12.8 Å². The van der Waals surface area contributed by atoms with Gasteiger partial charge in [0.05, 0.1) is 0 Å². The molecule has 16 heavy (non-hydrogen) atoms. The molecule has 0 aliphatic heterocycles. The average molecular weight is 216 g/mol. The van der Waals surface area contributed by atoms with E-state index in [9.17, 15) is 4.79 Å². The first kappa shape index (κ1) is 8.72. The summed E-state index contributed by atoms with van der Waals surface area (Å²) in [6.07, 6.45) is 8.07. The molecular weight excluding hydrogens is 196 g/mol. The second kappa shape index (κ2) is 2.57. The molecule has 0 unspecified atom stereocenters. The molecule has 0 spiro atoms. The predicted molar refractivity (Wildman–Crippen MR) is 60.6 cm³/mol. The Labute approximate surface area is 97.0 Å². The molecule has 5 saturated carbocycles. The molecule has 0 saturated heterocycles. The Morgan fingerprint density at radius 3 is 1.88 bits per heavy atom. The quantitative estimate of drug-likeness (QED) is 0.569. The van der Waals surface area contributed by atoms with Crippen LogP contribution in [-0.4, -0.2) is 5.78 Å². The zero-order valence-electron chi connectivity index (χ0n) is 9.77. The monoisotopic (exact) mass is 216 g/mol. The van der Waals surface area contributed by atoms with Crippen molar-refractivity contribution in [3.63, 3.8) is 0 Å². The third-order valence-electron chi connectivity index (χ3n) is 7.16. The smallest absolute Gasteiger partial charge is 0.133 e. The van der Waals surface area contributed by atoms with Crippen molar-refractivity contribution in [1.82, 2.24) is 0 Å². The summed E-state index contributed by atoms with van der Waals surface area (Å²) in [5, 5.41) is 0. The van der Waals surface area contributed by atoms with Gasteiger partial charge in [-0.15, -0.1) is 0 Å². The van der Waals surface area contributed by atoms with Gasteiger partial charge >= 0.3 is 0 Å². The minimum absolute atomic E-state index is 0.594. The zero-order valence-corrected chi connectivity index (χ0v) is 9.77. The van der Waals surface area contributed by atoms with E-state index in [4.69, 9.17) is 0 Å². The summed E-state index contributed by atoms with van der Waals surface area (Å²) in [5.41, 5.74) is 0. The summed E-state index contributed by atoms with van der Waals surface area (Å²) in [6, 6.07) is 0. The molecule has 4 bridgehead atoms. The molecule has 5 aliphatic rings. The van der Waals surface area contributed by atoms with Crippen molar-refractivity contribution in [2.45, 2.75) is 38.5 Å². The summed E-state index contributed by atoms with van der Waals surface area (Å²) >= 11 is 0. The molecule has 1 heteroatoms. The molecule has 1 nitrogen and oxygen atoms in total. The van der Waals surface area contributed by atoms with Gasteiger partial charge < -0.3 is 0 Å². The van der Waals surface area contributed by atoms with E-state index < -0.39 is 0 Å². The van der Waals surface area contributed by atoms with Gasteiger partial charge in [-0.3, -0.25) is 4.79 Å². The van der Waals surface area contributed by atoms with Gasteiger partial charge in [0.25, 0.3) is 0 Å². The van der Waals surface area contributed by atoms with Gasteiger partial charge in [-0.1, -0.05) is 0 Å². The fourth-order valence-corrected chi connectivity index (χ4v) is 7.05. The van der Waals surface area contributed by atoms with Gasteiger partial charge in [-0.05, 0) is 73.0 Å². The number of rotatable bonds is 0. The van der Waals surface area contributed by atoms with Crippen LogP contribution in [0.1, 0.15) is 38.5 Å². The molecule has 86 valence electrons. The maximum absolute atomic E-state index is 11.7. The fourth-order valence-electron chi connectivity index (χ4n) is 7.05.